The van der Waals surface area contributed by atoms with Gasteiger partial charge in [0.05, 0.1) is 6.04 Å². The van der Waals surface area contributed by atoms with Crippen LogP contribution >= 0.6 is 11.6 Å². The molecule has 1 atom stereocenters. The Hall–Kier alpha value is -2.65. The van der Waals surface area contributed by atoms with Gasteiger partial charge in [0, 0.05) is 23.0 Å². The first-order valence-electron chi connectivity index (χ1n) is 7.66. The highest BCUT2D eigenvalue weighted by atomic mass is 35.5. The van der Waals surface area contributed by atoms with Crippen molar-refractivity contribution in [3.63, 3.8) is 0 Å². The van der Waals surface area contributed by atoms with Gasteiger partial charge in [-0.3, -0.25) is 9.78 Å². The molecule has 0 unspecified atom stereocenters. The number of rotatable bonds is 4. The van der Waals surface area contributed by atoms with Crippen LogP contribution in [-0.4, -0.2) is 10.9 Å². The van der Waals surface area contributed by atoms with Crippen LogP contribution in [0, 0.1) is 6.92 Å². The largest absolute Gasteiger partial charge is 0.341 e. The van der Waals surface area contributed by atoms with Crippen LogP contribution in [0.3, 0.4) is 0 Å². The Labute approximate surface area is 146 Å². The molecule has 1 heterocycles. The van der Waals surface area contributed by atoms with Crippen LogP contribution in [0.4, 0.5) is 0 Å². The van der Waals surface area contributed by atoms with Gasteiger partial charge < -0.3 is 5.32 Å². The topological polar surface area (TPSA) is 42.0 Å². The van der Waals surface area contributed by atoms with Crippen molar-refractivity contribution in [1.82, 2.24) is 10.3 Å². The second-order valence-corrected chi connectivity index (χ2v) is 6.05. The fourth-order valence-corrected chi connectivity index (χ4v) is 2.61. The van der Waals surface area contributed by atoms with Crippen LogP contribution in [0.15, 0.2) is 73.1 Å². The van der Waals surface area contributed by atoms with Gasteiger partial charge in [-0.15, -0.1) is 0 Å². The summed E-state index contributed by atoms with van der Waals surface area (Å²) in [4.78, 5) is 16.8. The summed E-state index contributed by atoms with van der Waals surface area (Å²) >= 11 is 5.98. The monoisotopic (exact) mass is 336 g/mol. The Kier molecular flexibility index (Phi) is 4.92. The molecule has 0 saturated heterocycles. The molecule has 3 aromatic rings. The van der Waals surface area contributed by atoms with E-state index < -0.39 is 0 Å². The Bertz CT molecular complexity index is 815. The molecule has 0 radical (unpaired) electrons. The maximum Gasteiger partial charge on any atom is 0.252 e. The van der Waals surface area contributed by atoms with Gasteiger partial charge >= 0.3 is 0 Å². The normalized spacial score (nSPS) is 11.8. The molecule has 120 valence electrons. The Morgan fingerprint density at radius 1 is 1.00 bits per heavy atom. The second-order valence-electron chi connectivity index (χ2n) is 5.61. The molecule has 1 aromatic heterocycles. The van der Waals surface area contributed by atoms with Crippen LogP contribution < -0.4 is 5.32 Å². The quantitative estimate of drug-likeness (QED) is 0.758. The lowest BCUT2D eigenvalue weighted by molar-refractivity contribution is 0.0943. The number of aromatic nitrogens is 1. The predicted octanol–water partition coefficient (Wildman–Crippen LogP) is 4.56. The number of amides is 1. The fourth-order valence-electron chi connectivity index (χ4n) is 2.48. The summed E-state index contributed by atoms with van der Waals surface area (Å²) < 4.78 is 0. The van der Waals surface area contributed by atoms with E-state index in [1.807, 2.05) is 67.6 Å². The van der Waals surface area contributed by atoms with Crippen molar-refractivity contribution in [2.75, 3.05) is 0 Å². The number of hydrogen-bond acceptors (Lipinski definition) is 2. The summed E-state index contributed by atoms with van der Waals surface area (Å²) in [7, 11) is 0. The molecular formula is C20H17ClN2O. The lowest BCUT2D eigenvalue weighted by Crippen LogP contribution is -2.29. The molecule has 1 N–H and O–H groups in total. The molecule has 0 spiro atoms. The number of carbonyl (C=O) groups excluding carboxylic acids is 1. The van der Waals surface area contributed by atoms with Crippen molar-refractivity contribution in [1.29, 1.82) is 0 Å². The zero-order valence-electron chi connectivity index (χ0n) is 13.2. The van der Waals surface area contributed by atoms with Crippen LogP contribution in [0.25, 0.3) is 0 Å². The minimum Gasteiger partial charge on any atom is -0.341 e. The van der Waals surface area contributed by atoms with E-state index in [1.165, 1.54) is 0 Å². The van der Waals surface area contributed by atoms with E-state index in [0.29, 0.717) is 10.6 Å². The van der Waals surface area contributed by atoms with E-state index in [2.05, 4.69) is 10.3 Å². The number of nitrogens with zero attached hydrogens (tertiary/aromatic N) is 1. The summed E-state index contributed by atoms with van der Waals surface area (Å²) in [5.41, 5.74) is 3.62. The van der Waals surface area contributed by atoms with Gasteiger partial charge in [0.1, 0.15) is 0 Å². The number of hydrogen-bond donors (Lipinski definition) is 1. The first kappa shape index (κ1) is 16.2. The van der Waals surface area contributed by atoms with E-state index in [9.17, 15) is 4.79 Å². The molecule has 0 aliphatic carbocycles. The molecule has 0 bridgehead atoms. The molecule has 0 fully saturated rings. The highest BCUT2D eigenvalue weighted by Gasteiger charge is 2.18. The summed E-state index contributed by atoms with van der Waals surface area (Å²) in [5.74, 6) is -0.126. The van der Waals surface area contributed by atoms with Gasteiger partial charge in [0.25, 0.3) is 5.91 Å². The third-order valence-electron chi connectivity index (χ3n) is 3.81. The average Bonchev–Trinajstić information content (AvgIpc) is 2.62. The first-order chi connectivity index (χ1) is 11.6. The highest BCUT2D eigenvalue weighted by molar-refractivity contribution is 6.30. The van der Waals surface area contributed by atoms with Crippen molar-refractivity contribution >= 4 is 17.5 Å². The highest BCUT2D eigenvalue weighted by Crippen LogP contribution is 2.23. The van der Waals surface area contributed by atoms with Crippen molar-refractivity contribution in [2.24, 2.45) is 0 Å². The summed E-state index contributed by atoms with van der Waals surface area (Å²) in [6, 6.07) is 18.5. The summed E-state index contributed by atoms with van der Waals surface area (Å²) in [6.07, 6.45) is 3.47. The van der Waals surface area contributed by atoms with Crippen molar-refractivity contribution in [3.8, 4) is 0 Å². The van der Waals surface area contributed by atoms with E-state index in [-0.39, 0.29) is 11.9 Å². The predicted molar refractivity (Wildman–Crippen MR) is 96.2 cm³/mol. The number of aryl methyl sites for hydroxylation is 1. The molecule has 24 heavy (non-hydrogen) atoms. The molecule has 0 saturated carbocycles. The Morgan fingerprint density at radius 3 is 2.33 bits per heavy atom. The fraction of sp³-hybridized carbons (Fsp3) is 0.100. The first-order valence-corrected chi connectivity index (χ1v) is 8.04. The van der Waals surface area contributed by atoms with Gasteiger partial charge in [-0.05, 0) is 48.4 Å². The SMILES string of the molecule is Cc1ccc(C(=O)N[C@@H](c2ccc(Cl)cc2)c2cccnc2)cc1. The van der Waals surface area contributed by atoms with Crippen molar-refractivity contribution < 1.29 is 4.79 Å². The van der Waals surface area contributed by atoms with Gasteiger partial charge in [-0.2, -0.15) is 0 Å². The number of pyridine rings is 1. The standard InChI is InChI=1S/C20H17ClN2O/c1-14-4-6-16(7-5-14)20(24)23-19(17-3-2-12-22-13-17)15-8-10-18(21)11-9-15/h2-13,19H,1H3,(H,23,24)/t19-/m0/s1. The van der Waals surface area contributed by atoms with Crippen LogP contribution in [0.2, 0.25) is 5.02 Å². The van der Waals surface area contributed by atoms with Crippen LogP contribution in [0.1, 0.15) is 33.1 Å². The van der Waals surface area contributed by atoms with Crippen LogP contribution in [0.5, 0.6) is 0 Å². The third kappa shape index (κ3) is 3.81. The lowest BCUT2D eigenvalue weighted by Gasteiger charge is -2.19. The second kappa shape index (κ2) is 7.28. The van der Waals surface area contributed by atoms with Gasteiger partial charge in [-0.1, -0.05) is 47.5 Å². The Balaban J connectivity index is 1.91. The van der Waals surface area contributed by atoms with E-state index in [0.717, 1.165) is 16.7 Å². The zero-order valence-corrected chi connectivity index (χ0v) is 14.0. The van der Waals surface area contributed by atoms with Gasteiger partial charge in [0.2, 0.25) is 0 Å². The van der Waals surface area contributed by atoms with Crippen LogP contribution in [-0.2, 0) is 0 Å². The number of halogens is 1. The maximum absolute atomic E-state index is 12.6. The summed E-state index contributed by atoms with van der Waals surface area (Å²) in [6.45, 7) is 1.99. The minimum absolute atomic E-state index is 0.126. The van der Waals surface area contributed by atoms with Gasteiger partial charge in [-0.25, -0.2) is 0 Å². The molecule has 0 aliphatic heterocycles. The lowest BCUT2D eigenvalue weighted by atomic mass is 9.99. The molecule has 3 nitrogen and oxygen atoms in total. The molecule has 1 amide bonds. The number of carbonyl (C=O) groups is 1. The van der Waals surface area contributed by atoms with Gasteiger partial charge in [0.15, 0.2) is 0 Å². The summed E-state index contributed by atoms with van der Waals surface area (Å²) in [5, 5.41) is 3.74. The van der Waals surface area contributed by atoms with Crippen molar-refractivity contribution in [2.45, 2.75) is 13.0 Å². The molecular weight excluding hydrogens is 320 g/mol. The van der Waals surface area contributed by atoms with Crippen molar-refractivity contribution in [3.05, 3.63) is 100 Å². The third-order valence-corrected chi connectivity index (χ3v) is 4.06. The van der Waals surface area contributed by atoms with E-state index >= 15 is 0 Å². The minimum atomic E-state index is -0.287. The zero-order chi connectivity index (χ0) is 16.9. The maximum atomic E-state index is 12.6. The molecule has 0 aliphatic rings. The number of benzene rings is 2. The smallest absolute Gasteiger partial charge is 0.252 e. The number of nitrogens with one attached hydrogen (secondary N) is 1. The van der Waals surface area contributed by atoms with E-state index in [1.54, 1.807) is 12.4 Å². The molecule has 4 heteroatoms. The van der Waals surface area contributed by atoms with E-state index in [4.69, 9.17) is 11.6 Å². The Morgan fingerprint density at radius 2 is 1.71 bits per heavy atom. The molecule has 3 rings (SSSR count). The average molecular weight is 337 g/mol. The molecule has 2 aromatic carbocycles.